The summed E-state index contributed by atoms with van der Waals surface area (Å²) in [4.78, 5) is 26.1. The summed E-state index contributed by atoms with van der Waals surface area (Å²) < 4.78 is 5.50. The molecule has 3 aromatic rings. The molecular weight excluding hydrogens is 442 g/mol. The van der Waals surface area contributed by atoms with Gasteiger partial charge in [-0.2, -0.15) is 5.10 Å². The van der Waals surface area contributed by atoms with E-state index in [0.29, 0.717) is 47.9 Å². The van der Waals surface area contributed by atoms with Gasteiger partial charge in [0.1, 0.15) is 0 Å². The molecule has 2 aromatic carbocycles. The Labute approximate surface area is 197 Å². The van der Waals surface area contributed by atoms with E-state index >= 15 is 0 Å². The molecule has 174 valence electrons. The molecule has 0 spiro atoms. The van der Waals surface area contributed by atoms with Crippen LogP contribution in [0.1, 0.15) is 58.8 Å². The Kier molecular flexibility index (Phi) is 7.75. The molecule has 3 N–H and O–H groups in total. The number of aliphatic hydroxyl groups excluding tert-OH is 1. The molecule has 1 aliphatic heterocycles. The Balaban J connectivity index is 1.65. The summed E-state index contributed by atoms with van der Waals surface area (Å²) in [6, 6.07) is 11.2. The molecule has 8 heteroatoms. The van der Waals surface area contributed by atoms with E-state index in [2.05, 4.69) is 21.6 Å². The van der Waals surface area contributed by atoms with Gasteiger partial charge in [-0.1, -0.05) is 29.8 Å². The van der Waals surface area contributed by atoms with Crippen LogP contribution in [0.25, 0.3) is 10.9 Å². The van der Waals surface area contributed by atoms with Gasteiger partial charge in [0, 0.05) is 31.4 Å². The highest BCUT2D eigenvalue weighted by Crippen LogP contribution is 2.30. The summed E-state index contributed by atoms with van der Waals surface area (Å²) in [6.07, 6.45) is 4.01. The highest BCUT2D eigenvalue weighted by molar-refractivity contribution is 6.30. The average molecular weight is 470 g/mol. The van der Waals surface area contributed by atoms with Gasteiger partial charge in [0.05, 0.1) is 10.9 Å². The van der Waals surface area contributed by atoms with Crippen molar-refractivity contribution in [3.63, 3.8) is 0 Å². The van der Waals surface area contributed by atoms with Crippen molar-refractivity contribution in [2.75, 3.05) is 19.8 Å². The number of ether oxygens (including phenoxy) is 1. The van der Waals surface area contributed by atoms with Crippen LogP contribution in [0.15, 0.2) is 41.2 Å². The third-order valence-electron chi connectivity index (χ3n) is 6.11. The van der Waals surface area contributed by atoms with Gasteiger partial charge in [-0.25, -0.2) is 0 Å². The highest BCUT2D eigenvalue weighted by Gasteiger charge is 2.21. The predicted octanol–water partition coefficient (Wildman–Crippen LogP) is 3.72. The highest BCUT2D eigenvalue weighted by atomic mass is 35.5. The third kappa shape index (κ3) is 5.61. The molecule has 0 saturated carbocycles. The molecule has 0 bridgehead atoms. The van der Waals surface area contributed by atoms with E-state index in [4.69, 9.17) is 21.4 Å². The Bertz CT molecular complexity index is 1170. The fourth-order valence-electron chi connectivity index (χ4n) is 4.24. The lowest BCUT2D eigenvalue weighted by Crippen LogP contribution is -2.30. The number of halogens is 1. The molecule has 7 nitrogen and oxygen atoms in total. The number of fused-ring (bicyclic) bond motifs is 1. The number of unbranched alkanes of at least 4 members (excludes halogenated alkanes) is 1. The van der Waals surface area contributed by atoms with Crippen LogP contribution < -0.4 is 10.7 Å². The minimum Gasteiger partial charge on any atom is -0.396 e. The van der Waals surface area contributed by atoms with Gasteiger partial charge in [0.25, 0.3) is 5.91 Å². The maximum atomic E-state index is 13.3. The predicted molar refractivity (Wildman–Crippen MR) is 128 cm³/mol. The van der Waals surface area contributed by atoms with Crippen molar-refractivity contribution < 1.29 is 14.6 Å². The van der Waals surface area contributed by atoms with Crippen molar-refractivity contribution in [1.29, 1.82) is 0 Å². The summed E-state index contributed by atoms with van der Waals surface area (Å²) in [6.45, 7) is 1.80. The van der Waals surface area contributed by atoms with Crippen molar-refractivity contribution in [1.82, 2.24) is 15.5 Å². The number of carbonyl (C=O) groups excluding carboxylic acids is 1. The SMILES string of the molecule is O=C(NCc1ccc(Cl)cc1)c1n[nH]c2c(CCCCO)cc(C3CCOCC3)cc2c1=O. The van der Waals surface area contributed by atoms with Crippen molar-refractivity contribution in [3.05, 3.63) is 74.0 Å². The van der Waals surface area contributed by atoms with Gasteiger partial charge in [0.2, 0.25) is 5.43 Å². The van der Waals surface area contributed by atoms with Gasteiger partial charge < -0.3 is 15.2 Å². The second kappa shape index (κ2) is 10.9. The van der Waals surface area contributed by atoms with Crippen LogP contribution in [0.4, 0.5) is 0 Å². The Morgan fingerprint density at radius 1 is 1.18 bits per heavy atom. The van der Waals surface area contributed by atoms with Crippen LogP contribution in [-0.4, -0.2) is 41.0 Å². The van der Waals surface area contributed by atoms with Gasteiger partial charge in [0.15, 0.2) is 5.69 Å². The Hall–Kier alpha value is -2.74. The monoisotopic (exact) mass is 469 g/mol. The third-order valence-corrected chi connectivity index (χ3v) is 6.36. The molecular formula is C25H28ClN3O4. The first-order chi connectivity index (χ1) is 16.1. The number of benzene rings is 2. The second-order valence-corrected chi connectivity index (χ2v) is 8.82. The number of amides is 1. The molecule has 0 atom stereocenters. The number of H-pyrrole nitrogens is 1. The Morgan fingerprint density at radius 2 is 1.94 bits per heavy atom. The summed E-state index contributed by atoms with van der Waals surface area (Å²) >= 11 is 5.91. The number of nitrogens with zero attached hydrogens (tertiary/aromatic N) is 1. The van der Waals surface area contributed by atoms with E-state index in [-0.39, 0.29) is 24.3 Å². The Morgan fingerprint density at radius 3 is 2.67 bits per heavy atom. The standard InChI is InChI=1S/C25H28ClN3O4/c26-20-6-4-16(5-7-20)15-27-25(32)23-24(31)21-14-19(17-8-11-33-12-9-17)13-18(3-1-2-10-30)22(21)28-29-23/h4-7,13-14,17,30H,1-3,8-12,15H2,(H,27,32)(H,28,31). The molecule has 33 heavy (non-hydrogen) atoms. The van der Waals surface area contributed by atoms with E-state index in [1.54, 1.807) is 12.1 Å². The number of hydrogen-bond donors (Lipinski definition) is 3. The molecule has 0 unspecified atom stereocenters. The molecule has 1 aromatic heterocycles. The molecule has 4 rings (SSSR count). The van der Waals surface area contributed by atoms with Crippen LogP contribution in [0.3, 0.4) is 0 Å². The van der Waals surface area contributed by atoms with Gasteiger partial charge >= 0.3 is 0 Å². The van der Waals surface area contributed by atoms with Crippen molar-refractivity contribution in [2.45, 2.75) is 44.6 Å². The largest absolute Gasteiger partial charge is 0.396 e. The number of rotatable bonds is 8. The first-order valence-corrected chi connectivity index (χ1v) is 11.7. The van der Waals surface area contributed by atoms with Gasteiger partial charge in [-0.15, -0.1) is 0 Å². The fourth-order valence-corrected chi connectivity index (χ4v) is 4.37. The smallest absolute Gasteiger partial charge is 0.276 e. The minimum atomic E-state index is -0.522. The number of aliphatic hydroxyl groups is 1. The average Bonchev–Trinajstić information content (AvgIpc) is 2.84. The zero-order valence-electron chi connectivity index (χ0n) is 18.4. The quantitative estimate of drug-likeness (QED) is 0.436. The second-order valence-electron chi connectivity index (χ2n) is 8.38. The molecule has 1 amide bonds. The van der Waals surface area contributed by atoms with Crippen molar-refractivity contribution in [2.24, 2.45) is 0 Å². The zero-order valence-corrected chi connectivity index (χ0v) is 19.2. The molecule has 1 saturated heterocycles. The van der Waals surface area contributed by atoms with Crippen molar-refractivity contribution in [3.8, 4) is 0 Å². The van der Waals surface area contributed by atoms with Crippen LogP contribution >= 0.6 is 11.6 Å². The number of hydrogen-bond acceptors (Lipinski definition) is 5. The minimum absolute atomic E-state index is 0.129. The lowest BCUT2D eigenvalue weighted by molar-refractivity contribution is 0.0853. The number of nitrogens with one attached hydrogen (secondary N) is 2. The summed E-state index contributed by atoms with van der Waals surface area (Å²) in [5.74, 6) is -0.208. The fraction of sp³-hybridized carbons (Fsp3) is 0.400. The van der Waals surface area contributed by atoms with E-state index < -0.39 is 5.91 Å². The van der Waals surface area contributed by atoms with E-state index in [1.165, 1.54) is 0 Å². The summed E-state index contributed by atoms with van der Waals surface area (Å²) in [7, 11) is 0. The number of aryl methyl sites for hydroxylation is 1. The van der Waals surface area contributed by atoms with E-state index in [9.17, 15) is 9.59 Å². The molecule has 2 heterocycles. The first kappa shape index (κ1) is 23.4. The molecule has 0 aliphatic carbocycles. The summed E-state index contributed by atoms with van der Waals surface area (Å²) in [5.41, 5.74) is 3.08. The summed E-state index contributed by atoms with van der Waals surface area (Å²) in [5, 5.41) is 20.1. The maximum Gasteiger partial charge on any atom is 0.276 e. The van der Waals surface area contributed by atoms with E-state index in [0.717, 1.165) is 36.0 Å². The molecule has 1 aliphatic rings. The van der Waals surface area contributed by atoms with E-state index in [1.807, 2.05) is 18.2 Å². The maximum absolute atomic E-state index is 13.3. The van der Waals surface area contributed by atoms with Crippen LogP contribution in [0, 0.1) is 0 Å². The van der Waals surface area contributed by atoms with Crippen molar-refractivity contribution >= 4 is 28.4 Å². The van der Waals surface area contributed by atoms with Crippen LogP contribution in [0.2, 0.25) is 5.02 Å². The lowest BCUT2D eigenvalue weighted by Gasteiger charge is -2.23. The molecule has 0 radical (unpaired) electrons. The number of carbonyl (C=O) groups is 1. The number of aromatic nitrogens is 2. The lowest BCUT2D eigenvalue weighted by atomic mass is 9.88. The normalized spacial score (nSPS) is 14.5. The van der Waals surface area contributed by atoms with Crippen LogP contribution in [-0.2, 0) is 17.7 Å². The van der Waals surface area contributed by atoms with Gasteiger partial charge in [-0.3, -0.25) is 14.7 Å². The first-order valence-electron chi connectivity index (χ1n) is 11.3. The number of aromatic amines is 1. The van der Waals surface area contributed by atoms with Crippen LogP contribution in [0.5, 0.6) is 0 Å². The molecule has 1 fully saturated rings. The topological polar surface area (TPSA) is 104 Å². The zero-order chi connectivity index (χ0) is 23.2. The van der Waals surface area contributed by atoms with Gasteiger partial charge in [-0.05, 0) is 72.9 Å².